The van der Waals surface area contributed by atoms with Gasteiger partial charge in [0.05, 0.1) is 38.6 Å². The van der Waals surface area contributed by atoms with Gasteiger partial charge in [-0.25, -0.2) is 0 Å². The van der Waals surface area contributed by atoms with Crippen molar-refractivity contribution in [3.05, 3.63) is 0 Å². The van der Waals surface area contributed by atoms with Crippen LogP contribution in [0.4, 0.5) is 0 Å². The van der Waals surface area contributed by atoms with Crippen molar-refractivity contribution in [3.8, 4) is 0 Å². The minimum Gasteiger partial charge on any atom is -0.394 e. The lowest BCUT2D eigenvalue weighted by molar-refractivity contribution is -0.379. The van der Waals surface area contributed by atoms with E-state index in [9.17, 15) is 61.0 Å². The van der Waals surface area contributed by atoms with Crippen LogP contribution in [0.25, 0.3) is 0 Å². The molecule has 3 heterocycles. The van der Waals surface area contributed by atoms with Crippen LogP contribution < -0.4 is 5.32 Å². The number of unbranched alkanes of at least 4 members (excludes halogenated alkanes) is 40. The fourth-order valence-electron chi connectivity index (χ4n) is 12.6. The van der Waals surface area contributed by atoms with Crippen LogP contribution in [0.2, 0.25) is 0 Å². The average molecular weight is 1250 g/mol. The lowest BCUT2D eigenvalue weighted by atomic mass is 9.96. The van der Waals surface area contributed by atoms with Crippen LogP contribution in [0, 0.1) is 0 Å². The number of rotatable bonds is 56. The van der Waals surface area contributed by atoms with Crippen molar-refractivity contribution in [1.29, 1.82) is 0 Å². The zero-order valence-corrected chi connectivity index (χ0v) is 54.5. The summed E-state index contributed by atoms with van der Waals surface area (Å²) in [6.07, 6.45) is 28.1. The van der Waals surface area contributed by atoms with Crippen LogP contribution >= 0.6 is 0 Å². The van der Waals surface area contributed by atoms with Crippen LogP contribution in [0.5, 0.6) is 0 Å². The number of carbonyl (C=O) groups is 1. The monoisotopic (exact) mass is 1250 g/mol. The second-order valence-corrected chi connectivity index (χ2v) is 26.1. The molecular formula is C68H131NO18. The van der Waals surface area contributed by atoms with Crippen LogP contribution in [0.1, 0.15) is 296 Å². The summed E-state index contributed by atoms with van der Waals surface area (Å²) in [5.74, 6) is -0.238. The molecule has 0 aromatic heterocycles. The number of amides is 1. The third kappa shape index (κ3) is 33.5. The van der Waals surface area contributed by atoms with E-state index in [1.165, 1.54) is 218 Å². The molecule has 516 valence electrons. The van der Waals surface area contributed by atoms with Crippen molar-refractivity contribution in [3.63, 3.8) is 0 Å². The largest absolute Gasteiger partial charge is 0.394 e. The summed E-state index contributed by atoms with van der Waals surface area (Å²) >= 11 is 0. The molecule has 0 radical (unpaired) electrons. The first kappa shape index (κ1) is 80.0. The highest BCUT2D eigenvalue weighted by molar-refractivity contribution is 5.76. The predicted octanol–water partition coefficient (Wildman–Crippen LogP) is 9.50. The fourth-order valence-corrected chi connectivity index (χ4v) is 12.6. The van der Waals surface area contributed by atoms with Crippen LogP contribution in [-0.2, 0) is 33.2 Å². The summed E-state index contributed by atoms with van der Waals surface area (Å²) in [6, 6.07) is -0.880. The van der Waals surface area contributed by atoms with Gasteiger partial charge in [0.1, 0.15) is 73.2 Å². The first-order chi connectivity index (χ1) is 42.3. The maximum Gasteiger partial charge on any atom is 0.220 e. The van der Waals surface area contributed by atoms with Crippen LogP contribution in [-0.4, -0.2) is 193 Å². The smallest absolute Gasteiger partial charge is 0.220 e. The molecule has 19 nitrogen and oxygen atoms in total. The maximum atomic E-state index is 13.4. The van der Waals surface area contributed by atoms with Gasteiger partial charge < -0.3 is 89.9 Å². The Labute approximate surface area is 525 Å². The van der Waals surface area contributed by atoms with Gasteiger partial charge in [0.15, 0.2) is 18.9 Å². The topological polar surface area (TPSA) is 307 Å². The quantitative estimate of drug-likeness (QED) is 0.0252. The second kappa shape index (κ2) is 51.2. The summed E-state index contributed by atoms with van der Waals surface area (Å²) in [5, 5.41) is 120. The molecule has 1 amide bonds. The molecule has 0 bridgehead atoms. The van der Waals surface area contributed by atoms with E-state index >= 15 is 0 Å². The number of aliphatic hydroxyl groups excluding tert-OH is 11. The van der Waals surface area contributed by atoms with Crippen molar-refractivity contribution >= 4 is 5.91 Å². The first-order valence-electron chi connectivity index (χ1n) is 35.8. The van der Waals surface area contributed by atoms with E-state index in [0.29, 0.717) is 12.8 Å². The predicted molar refractivity (Wildman–Crippen MR) is 337 cm³/mol. The van der Waals surface area contributed by atoms with Crippen LogP contribution in [0.15, 0.2) is 0 Å². The van der Waals surface area contributed by atoms with Gasteiger partial charge in [-0.2, -0.15) is 0 Å². The standard InChI is InChI=1S/C68H131NO18/c1-3-5-7-9-11-13-15-16-17-18-19-20-21-22-23-24-25-26-27-28-29-30-31-32-33-34-35-36-38-40-42-44-46-56(74)69-51(52(73)45-43-41-39-37-14-12-10-8-6-4-2)50-82-66-62(80)59(77)64(54(48-71)84-66)87-68-63(81)60(78)65(55(49-72)85-68)86-67-61(79)58(76)57(75)53(47-70)83-67/h51-55,57-68,70-73,75-81H,3-50H2,1-2H3,(H,69,74). The van der Waals surface area contributed by atoms with E-state index < -0.39 is 124 Å². The second-order valence-electron chi connectivity index (χ2n) is 26.1. The number of ether oxygens (including phenoxy) is 6. The number of nitrogens with one attached hydrogen (secondary N) is 1. The SMILES string of the molecule is CCCCCCCCCCCCCCCCCCCCCCCCCCCCCCCCCCC(=O)NC(COC1OC(CO)C(OC2OC(CO)C(OC3OC(CO)C(O)C(O)C3O)C(O)C2O)C(O)C1O)C(O)CCCCCCCCCCCC. The molecule has 0 saturated carbocycles. The van der Waals surface area contributed by atoms with Crippen molar-refractivity contribution in [1.82, 2.24) is 5.32 Å². The Morgan fingerprint density at radius 3 is 1.00 bits per heavy atom. The number of hydrogen-bond acceptors (Lipinski definition) is 18. The van der Waals surface area contributed by atoms with E-state index in [1.807, 2.05) is 0 Å². The minimum absolute atomic E-state index is 0.238. The van der Waals surface area contributed by atoms with Crippen molar-refractivity contribution in [2.75, 3.05) is 26.4 Å². The molecule has 12 N–H and O–H groups in total. The highest BCUT2D eigenvalue weighted by Gasteiger charge is 2.53. The Kier molecular flexibility index (Phi) is 47.1. The molecule has 3 aliphatic rings. The molecule has 3 aliphatic heterocycles. The van der Waals surface area contributed by atoms with Crippen molar-refractivity contribution < 1.29 is 89.4 Å². The van der Waals surface area contributed by atoms with E-state index in [2.05, 4.69) is 19.2 Å². The Morgan fingerprint density at radius 2 is 0.655 bits per heavy atom. The van der Waals surface area contributed by atoms with Gasteiger partial charge in [-0.3, -0.25) is 4.79 Å². The lowest BCUT2D eigenvalue weighted by Gasteiger charge is -2.48. The lowest BCUT2D eigenvalue weighted by Crippen LogP contribution is -2.66. The normalized spacial score (nSPS) is 28.5. The Hall–Kier alpha value is -1.21. The minimum atomic E-state index is -1.97. The van der Waals surface area contributed by atoms with Gasteiger partial charge in [0.25, 0.3) is 0 Å². The number of aliphatic hydroxyl groups is 11. The summed E-state index contributed by atoms with van der Waals surface area (Å²) in [4.78, 5) is 13.4. The van der Waals surface area contributed by atoms with E-state index in [4.69, 9.17) is 28.4 Å². The van der Waals surface area contributed by atoms with E-state index in [0.717, 1.165) is 44.9 Å². The van der Waals surface area contributed by atoms with Crippen molar-refractivity contribution in [2.24, 2.45) is 0 Å². The summed E-state index contributed by atoms with van der Waals surface area (Å²) in [5.41, 5.74) is 0. The van der Waals surface area contributed by atoms with Crippen molar-refractivity contribution in [2.45, 2.75) is 401 Å². The molecule has 17 unspecified atom stereocenters. The summed E-state index contributed by atoms with van der Waals surface area (Å²) < 4.78 is 34.3. The summed E-state index contributed by atoms with van der Waals surface area (Å²) in [6.45, 7) is 1.81. The molecule has 3 fully saturated rings. The van der Waals surface area contributed by atoms with Crippen LogP contribution in [0.3, 0.4) is 0 Å². The number of hydrogen-bond donors (Lipinski definition) is 12. The molecule has 19 heteroatoms. The zero-order chi connectivity index (χ0) is 63.3. The Bertz CT molecular complexity index is 1590. The molecule has 3 saturated heterocycles. The summed E-state index contributed by atoms with van der Waals surface area (Å²) in [7, 11) is 0. The highest BCUT2D eigenvalue weighted by Crippen LogP contribution is 2.33. The van der Waals surface area contributed by atoms with Gasteiger partial charge in [0, 0.05) is 6.42 Å². The fraction of sp³-hybridized carbons (Fsp3) is 0.985. The third-order valence-electron chi connectivity index (χ3n) is 18.4. The molecule has 0 aliphatic carbocycles. The van der Waals surface area contributed by atoms with Gasteiger partial charge in [-0.15, -0.1) is 0 Å². The molecule has 3 rings (SSSR count). The van der Waals surface area contributed by atoms with E-state index in [-0.39, 0.29) is 18.9 Å². The third-order valence-corrected chi connectivity index (χ3v) is 18.4. The molecule has 0 aromatic carbocycles. The Balaban J connectivity index is 1.31. The van der Waals surface area contributed by atoms with Gasteiger partial charge in [0.2, 0.25) is 5.91 Å². The zero-order valence-electron chi connectivity index (χ0n) is 54.5. The average Bonchev–Trinajstić information content (AvgIpc) is 1.12. The maximum absolute atomic E-state index is 13.4. The van der Waals surface area contributed by atoms with Gasteiger partial charge >= 0.3 is 0 Å². The number of carbonyl (C=O) groups excluding carboxylic acids is 1. The Morgan fingerprint density at radius 1 is 0.368 bits per heavy atom. The highest BCUT2D eigenvalue weighted by atomic mass is 16.8. The molecule has 87 heavy (non-hydrogen) atoms. The molecule has 0 spiro atoms. The van der Waals surface area contributed by atoms with Gasteiger partial charge in [-0.05, 0) is 12.8 Å². The molecule has 0 aromatic rings. The molecule has 17 atom stereocenters. The van der Waals surface area contributed by atoms with E-state index in [1.54, 1.807) is 0 Å². The molecular weight excluding hydrogens is 1120 g/mol. The van der Waals surface area contributed by atoms with Gasteiger partial charge in [-0.1, -0.05) is 277 Å². The first-order valence-corrected chi connectivity index (χ1v) is 35.8.